The number of hydrogen-bond acceptors (Lipinski definition) is 4. The summed E-state index contributed by atoms with van der Waals surface area (Å²) in [6.07, 6.45) is 0.722. The molecular weight excluding hydrogens is 352 g/mol. The van der Waals surface area contributed by atoms with Crippen LogP contribution in [0, 0.1) is 0 Å². The van der Waals surface area contributed by atoms with E-state index in [0.29, 0.717) is 23.5 Å². The summed E-state index contributed by atoms with van der Waals surface area (Å²) in [6.45, 7) is 4.01. The average molecular weight is 374 g/mol. The van der Waals surface area contributed by atoms with Gasteiger partial charge in [0.25, 0.3) is 0 Å². The number of carbonyl (C=O) groups excluding carboxylic acids is 1. The number of rotatable bonds is 7. The van der Waals surface area contributed by atoms with Gasteiger partial charge >= 0.3 is 6.03 Å². The van der Waals surface area contributed by atoms with Gasteiger partial charge < -0.3 is 5.32 Å². The highest BCUT2D eigenvalue weighted by atomic mass is 32.2. The number of hydrogen-bond donors (Lipinski definition) is 3. The zero-order chi connectivity index (χ0) is 19.0. The van der Waals surface area contributed by atoms with E-state index in [1.54, 1.807) is 31.2 Å². The minimum absolute atomic E-state index is 0.192. The normalized spacial score (nSPS) is 11.8. The van der Waals surface area contributed by atoms with E-state index in [2.05, 4.69) is 20.6 Å². The van der Waals surface area contributed by atoms with Crippen LogP contribution in [-0.4, -0.2) is 26.7 Å². The first-order valence-corrected chi connectivity index (χ1v) is 9.67. The van der Waals surface area contributed by atoms with E-state index in [4.69, 9.17) is 0 Å². The molecule has 0 heterocycles. The van der Waals surface area contributed by atoms with E-state index < -0.39 is 16.1 Å². The maximum Gasteiger partial charge on any atom is 0.339 e. The smallest absolute Gasteiger partial charge is 0.307 e. The fraction of sp³-hybridized carbons (Fsp3) is 0.222. The van der Waals surface area contributed by atoms with Crippen molar-refractivity contribution in [3.8, 4) is 0 Å². The van der Waals surface area contributed by atoms with Gasteiger partial charge in [-0.25, -0.2) is 23.4 Å². The summed E-state index contributed by atoms with van der Waals surface area (Å²) >= 11 is 0. The Labute approximate surface area is 153 Å². The van der Waals surface area contributed by atoms with Crippen LogP contribution in [0.5, 0.6) is 0 Å². The van der Waals surface area contributed by atoms with Crippen LogP contribution in [0.25, 0.3) is 0 Å². The molecule has 0 aliphatic heterocycles. The van der Waals surface area contributed by atoms with Crippen LogP contribution >= 0.6 is 0 Å². The van der Waals surface area contributed by atoms with E-state index in [1.807, 2.05) is 25.1 Å². The molecule has 2 aromatic carbocycles. The van der Waals surface area contributed by atoms with Gasteiger partial charge in [0.1, 0.15) is 0 Å². The lowest BCUT2D eigenvalue weighted by Gasteiger charge is -2.07. The Hall–Kier alpha value is -2.71. The molecule has 0 bridgehead atoms. The first kappa shape index (κ1) is 19.6. The standard InChI is InChI=1S/C18H22N4O3S/c1-3-13-19-26(24,25)17-11-9-15(10-12-17)14(2)21-22-18(23)20-16-7-5-4-6-8-16/h4-12,19H,3,13H2,1-2H3,(H2,20,22,23)/b21-14-. The van der Waals surface area contributed by atoms with Crippen molar-refractivity contribution in [2.24, 2.45) is 5.10 Å². The minimum atomic E-state index is -3.49. The quantitative estimate of drug-likeness (QED) is 0.513. The first-order chi connectivity index (χ1) is 12.4. The molecule has 0 spiro atoms. The third-order valence-electron chi connectivity index (χ3n) is 3.48. The topological polar surface area (TPSA) is 99.7 Å². The number of anilines is 1. The molecule has 0 saturated heterocycles. The van der Waals surface area contributed by atoms with Gasteiger partial charge in [-0.05, 0) is 43.2 Å². The van der Waals surface area contributed by atoms with Crippen molar-refractivity contribution in [3.05, 3.63) is 60.2 Å². The fourth-order valence-electron chi connectivity index (χ4n) is 2.07. The minimum Gasteiger partial charge on any atom is -0.307 e. The van der Waals surface area contributed by atoms with Crippen molar-refractivity contribution in [2.45, 2.75) is 25.2 Å². The van der Waals surface area contributed by atoms with Crippen molar-refractivity contribution in [1.29, 1.82) is 0 Å². The molecule has 0 atom stereocenters. The fourth-order valence-corrected chi connectivity index (χ4v) is 3.21. The zero-order valence-electron chi connectivity index (χ0n) is 14.7. The number of carbonyl (C=O) groups is 1. The molecule has 2 aromatic rings. The number of sulfonamides is 1. The summed E-state index contributed by atoms with van der Waals surface area (Å²) < 4.78 is 26.6. The van der Waals surface area contributed by atoms with Gasteiger partial charge in [-0.2, -0.15) is 5.10 Å². The Morgan fingerprint density at radius 1 is 1.04 bits per heavy atom. The molecule has 138 valence electrons. The van der Waals surface area contributed by atoms with Crippen LogP contribution < -0.4 is 15.5 Å². The number of nitrogens with one attached hydrogen (secondary N) is 3. The van der Waals surface area contributed by atoms with Crippen molar-refractivity contribution in [1.82, 2.24) is 10.1 Å². The van der Waals surface area contributed by atoms with Gasteiger partial charge in [0.2, 0.25) is 10.0 Å². The van der Waals surface area contributed by atoms with Gasteiger partial charge in [-0.3, -0.25) is 0 Å². The number of urea groups is 1. The molecular formula is C18H22N4O3S. The Bertz CT molecular complexity index is 863. The highest BCUT2D eigenvalue weighted by molar-refractivity contribution is 7.89. The molecule has 0 unspecified atom stereocenters. The molecule has 0 radical (unpaired) electrons. The first-order valence-electron chi connectivity index (χ1n) is 8.19. The van der Waals surface area contributed by atoms with Gasteiger partial charge in [0.15, 0.2) is 0 Å². The van der Waals surface area contributed by atoms with Crippen LogP contribution in [-0.2, 0) is 10.0 Å². The van der Waals surface area contributed by atoms with Gasteiger partial charge in [-0.1, -0.05) is 37.3 Å². The molecule has 3 N–H and O–H groups in total. The number of amides is 2. The van der Waals surface area contributed by atoms with Crippen LogP contribution in [0.15, 0.2) is 64.6 Å². The largest absolute Gasteiger partial charge is 0.339 e. The van der Waals surface area contributed by atoms with E-state index in [0.717, 1.165) is 6.42 Å². The SMILES string of the molecule is CCCNS(=O)(=O)c1ccc(/C(C)=N\NC(=O)Nc2ccccc2)cc1. The monoisotopic (exact) mass is 374 g/mol. The van der Waals surface area contributed by atoms with Crippen molar-refractivity contribution in [2.75, 3.05) is 11.9 Å². The summed E-state index contributed by atoms with van der Waals surface area (Å²) in [5.41, 5.74) is 4.33. The molecule has 0 saturated carbocycles. The molecule has 0 aliphatic carbocycles. The maximum atomic E-state index is 12.1. The van der Waals surface area contributed by atoms with E-state index in [-0.39, 0.29) is 4.90 Å². The molecule has 0 aliphatic rings. The Morgan fingerprint density at radius 3 is 2.31 bits per heavy atom. The van der Waals surface area contributed by atoms with E-state index in [9.17, 15) is 13.2 Å². The highest BCUT2D eigenvalue weighted by Gasteiger charge is 2.12. The van der Waals surface area contributed by atoms with Crippen molar-refractivity contribution in [3.63, 3.8) is 0 Å². The van der Waals surface area contributed by atoms with Crippen LogP contribution in [0.1, 0.15) is 25.8 Å². The third kappa shape index (κ3) is 5.68. The highest BCUT2D eigenvalue weighted by Crippen LogP contribution is 2.11. The summed E-state index contributed by atoms with van der Waals surface area (Å²) in [5.74, 6) is 0. The van der Waals surface area contributed by atoms with Crippen LogP contribution in [0.4, 0.5) is 10.5 Å². The Kier molecular flexibility index (Phi) is 6.88. The molecule has 26 heavy (non-hydrogen) atoms. The van der Waals surface area contributed by atoms with Crippen LogP contribution in [0.2, 0.25) is 0 Å². The maximum absolute atomic E-state index is 12.1. The van der Waals surface area contributed by atoms with E-state index in [1.165, 1.54) is 12.1 Å². The Balaban J connectivity index is 1.99. The lowest BCUT2D eigenvalue weighted by atomic mass is 10.1. The van der Waals surface area contributed by atoms with Gasteiger partial charge in [-0.15, -0.1) is 0 Å². The predicted molar refractivity (Wildman–Crippen MR) is 103 cm³/mol. The summed E-state index contributed by atoms with van der Waals surface area (Å²) in [5, 5.41) is 6.67. The molecule has 0 fully saturated rings. The molecule has 8 heteroatoms. The average Bonchev–Trinajstić information content (AvgIpc) is 2.65. The summed E-state index contributed by atoms with van der Waals surface area (Å²) in [6, 6.07) is 14.9. The van der Waals surface area contributed by atoms with Crippen molar-refractivity contribution < 1.29 is 13.2 Å². The lowest BCUT2D eigenvalue weighted by molar-refractivity contribution is 0.252. The number of benzene rings is 2. The number of nitrogens with zero attached hydrogens (tertiary/aromatic N) is 1. The second kappa shape index (κ2) is 9.12. The van der Waals surface area contributed by atoms with E-state index >= 15 is 0 Å². The van der Waals surface area contributed by atoms with Gasteiger partial charge in [0, 0.05) is 12.2 Å². The summed E-state index contributed by atoms with van der Waals surface area (Å²) in [7, 11) is -3.49. The summed E-state index contributed by atoms with van der Waals surface area (Å²) in [4.78, 5) is 12.0. The molecule has 7 nitrogen and oxygen atoms in total. The van der Waals surface area contributed by atoms with Crippen molar-refractivity contribution >= 4 is 27.5 Å². The second-order valence-corrected chi connectivity index (χ2v) is 7.32. The lowest BCUT2D eigenvalue weighted by Crippen LogP contribution is -2.25. The van der Waals surface area contributed by atoms with Crippen LogP contribution in [0.3, 0.4) is 0 Å². The number of hydrazone groups is 1. The third-order valence-corrected chi connectivity index (χ3v) is 4.96. The second-order valence-electron chi connectivity index (χ2n) is 5.55. The molecule has 0 aromatic heterocycles. The van der Waals surface area contributed by atoms with Gasteiger partial charge in [0.05, 0.1) is 10.6 Å². The molecule has 2 rings (SSSR count). The predicted octanol–water partition coefficient (Wildman–Crippen LogP) is 2.92. The Morgan fingerprint density at radius 2 is 1.69 bits per heavy atom. The molecule has 2 amide bonds. The zero-order valence-corrected chi connectivity index (χ0v) is 15.5. The number of para-hydroxylation sites is 1.